The van der Waals surface area contributed by atoms with E-state index >= 15 is 0 Å². The Labute approximate surface area is 144 Å². The minimum atomic E-state index is -0.283. The monoisotopic (exact) mass is 325 g/mol. The second-order valence-corrected chi connectivity index (χ2v) is 5.67. The first kappa shape index (κ1) is 15.0. The van der Waals surface area contributed by atoms with Crippen LogP contribution in [0.3, 0.4) is 0 Å². The van der Waals surface area contributed by atoms with Crippen molar-refractivity contribution in [2.75, 3.05) is 0 Å². The zero-order valence-electron chi connectivity index (χ0n) is 13.4. The molecule has 0 aliphatic carbocycles. The zero-order valence-corrected chi connectivity index (χ0v) is 13.4. The van der Waals surface area contributed by atoms with Crippen molar-refractivity contribution in [1.29, 1.82) is 0 Å². The molecular formula is C21H15N3O. The third kappa shape index (κ3) is 2.97. The van der Waals surface area contributed by atoms with Crippen LogP contribution in [-0.2, 0) is 0 Å². The SMILES string of the molecule is O=C(N/N=C/c1c2ccccc2cc2ccccc12)c1cccnc1. The van der Waals surface area contributed by atoms with E-state index in [4.69, 9.17) is 0 Å². The predicted molar refractivity (Wildman–Crippen MR) is 101 cm³/mol. The van der Waals surface area contributed by atoms with Gasteiger partial charge < -0.3 is 0 Å². The van der Waals surface area contributed by atoms with Crippen LogP contribution in [0.25, 0.3) is 21.5 Å². The number of nitrogens with one attached hydrogen (secondary N) is 1. The summed E-state index contributed by atoms with van der Waals surface area (Å²) in [6.45, 7) is 0. The lowest BCUT2D eigenvalue weighted by atomic mass is 9.97. The van der Waals surface area contributed by atoms with E-state index in [1.165, 1.54) is 6.20 Å². The molecule has 25 heavy (non-hydrogen) atoms. The van der Waals surface area contributed by atoms with E-state index in [1.807, 2.05) is 24.3 Å². The summed E-state index contributed by atoms with van der Waals surface area (Å²) in [5.74, 6) is -0.283. The molecule has 0 saturated carbocycles. The summed E-state index contributed by atoms with van der Waals surface area (Å²) in [7, 11) is 0. The van der Waals surface area contributed by atoms with Crippen molar-refractivity contribution in [3.63, 3.8) is 0 Å². The van der Waals surface area contributed by atoms with E-state index in [2.05, 4.69) is 45.8 Å². The molecule has 1 aromatic heterocycles. The van der Waals surface area contributed by atoms with Crippen LogP contribution in [0, 0.1) is 0 Å². The fourth-order valence-corrected chi connectivity index (χ4v) is 2.91. The molecular weight excluding hydrogens is 310 g/mol. The van der Waals surface area contributed by atoms with E-state index < -0.39 is 0 Å². The number of pyridine rings is 1. The third-order valence-corrected chi connectivity index (χ3v) is 4.10. The molecule has 0 unspecified atom stereocenters. The van der Waals surface area contributed by atoms with Crippen LogP contribution in [0.2, 0.25) is 0 Å². The minimum absolute atomic E-state index is 0.283. The number of benzene rings is 3. The van der Waals surface area contributed by atoms with Gasteiger partial charge in [0.2, 0.25) is 0 Å². The van der Waals surface area contributed by atoms with Gasteiger partial charge in [-0.05, 0) is 39.7 Å². The highest BCUT2D eigenvalue weighted by Gasteiger charge is 2.06. The fourth-order valence-electron chi connectivity index (χ4n) is 2.91. The number of amides is 1. The maximum atomic E-state index is 12.1. The maximum absolute atomic E-state index is 12.1. The van der Waals surface area contributed by atoms with Crippen molar-refractivity contribution in [3.8, 4) is 0 Å². The van der Waals surface area contributed by atoms with Crippen molar-refractivity contribution in [2.24, 2.45) is 5.10 Å². The number of nitrogens with zero attached hydrogens (tertiary/aromatic N) is 2. The van der Waals surface area contributed by atoms with Crippen LogP contribution in [0.1, 0.15) is 15.9 Å². The number of hydrogen-bond donors (Lipinski definition) is 1. The molecule has 0 aliphatic rings. The number of carbonyl (C=O) groups is 1. The Bertz CT molecular complexity index is 1030. The molecule has 0 aliphatic heterocycles. The van der Waals surface area contributed by atoms with Gasteiger partial charge >= 0.3 is 0 Å². The molecule has 4 rings (SSSR count). The number of hydrogen-bond acceptors (Lipinski definition) is 3. The predicted octanol–water partition coefficient (Wildman–Crippen LogP) is 4.15. The molecule has 0 atom stereocenters. The van der Waals surface area contributed by atoms with Crippen LogP contribution in [0.15, 0.2) is 84.2 Å². The largest absolute Gasteiger partial charge is 0.272 e. The molecule has 120 valence electrons. The molecule has 4 heteroatoms. The lowest BCUT2D eigenvalue weighted by Gasteiger charge is -2.08. The van der Waals surface area contributed by atoms with Crippen molar-refractivity contribution in [1.82, 2.24) is 10.4 Å². The van der Waals surface area contributed by atoms with Crippen LogP contribution in [0.4, 0.5) is 0 Å². The van der Waals surface area contributed by atoms with E-state index in [9.17, 15) is 4.79 Å². The van der Waals surface area contributed by atoms with Crippen molar-refractivity contribution >= 4 is 33.7 Å². The first-order chi connectivity index (χ1) is 12.3. The highest BCUT2D eigenvalue weighted by Crippen LogP contribution is 2.27. The quantitative estimate of drug-likeness (QED) is 0.349. The van der Waals surface area contributed by atoms with Gasteiger partial charge in [-0.25, -0.2) is 5.43 Å². The van der Waals surface area contributed by atoms with Gasteiger partial charge in [0.05, 0.1) is 11.8 Å². The summed E-state index contributed by atoms with van der Waals surface area (Å²) < 4.78 is 0. The Morgan fingerprint density at radius 1 is 0.920 bits per heavy atom. The normalized spacial score (nSPS) is 11.2. The number of hydrazone groups is 1. The lowest BCUT2D eigenvalue weighted by molar-refractivity contribution is 0.0955. The van der Waals surface area contributed by atoms with Gasteiger partial charge in [-0.15, -0.1) is 0 Å². The summed E-state index contributed by atoms with van der Waals surface area (Å²) in [5, 5.41) is 8.64. The average molecular weight is 325 g/mol. The molecule has 1 heterocycles. The van der Waals surface area contributed by atoms with Gasteiger partial charge in [0, 0.05) is 18.0 Å². The van der Waals surface area contributed by atoms with Gasteiger partial charge in [-0.2, -0.15) is 5.10 Å². The fraction of sp³-hybridized carbons (Fsp3) is 0. The lowest BCUT2D eigenvalue weighted by Crippen LogP contribution is -2.17. The summed E-state index contributed by atoms with van der Waals surface area (Å²) in [5.41, 5.74) is 4.03. The summed E-state index contributed by atoms with van der Waals surface area (Å²) >= 11 is 0. The molecule has 0 radical (unpaired) electrons. The summed E-state index contributed by atoms with van der Waals surface area (Å²) in [4.78, 5) is 16.0. The Balaban J connectivity index is 1.73. The van der Waals surface area contributed by atoms with Crippen LogP contribution in [-0.4, -0.2) is 17.1 Å². The highest BCUT2D eigenvalue weighted by molar-refractivity contribution is 6.13. The van der Waals surface area contributed by atoms with Gasteiger partial charge in [-0.3, -0.25) is 9.78 Å². The second-order valence-electron chi connectivity index (χ2n) is 5.67. The van der Waals surface area contributed by atoms with Gasteiger partial charge in [0.1, 0.15) is 0 Å². The number of rotatable bonds is 3. The van der Waals surface area contributed by atoms with Gasteiger partial charge in [0.15, 0.2) is 0 Å². The molecule has 3 aromatic carbocycles. The topological polar surface area (TPSA) is 54.4 Å². The van der Waals surface area contributed by atoms with Crippen LogP contribution >= 0.6 is 0 Å². The van der Waals surface area contributed by atoms with E-state index in [1.54, 1.807) is 24.5 Å². The number of aromatic nitrogens is 1. The van der Waals surface area contributed by atoms with Crippen molar-refractivity contribution in [2.45, 2.75) is 0 Å². The first-order valence-electron chi connectivity index (χ1n) is 7.97. The first-order valence-corrected chi connectivity index (χ1v) is 7.97. The molecule has 1 N–H and O–H groups in total. The average Bonchev–Trinajstić information content (AvgIpc) is 2.68. The number of fused-ring (bicyclic) bond motifs is 2. The minimum Gasteiger partial charge on any atom is -0.267 e. The molecule has 0 fully saturated rings. The Morgan fingerprint density at radius 3 is 2.24 bits per heavy atom. The van der Waals surface area contributed by atoms with E-state index in [0.717, 1.165) is 27.1 Å². The Morgan fingerprint density at radius 2 is 1.60 bits per heavy atom. The molecule has 4 nitrogen and oxygen atoms in total. The molecule has 0 bridgehead atoms. The van der Waals surface area contributed by atoms with Crippen LogP contribution < -0.4 is 5.43 Å². The van der Waals surface area contributed by atoms with Gasteiger partial charge in [-0.1, -0.05) is 48.5 Å². The van der Waals surface area contributed by atoms with E-state index in [-0.39, 0.29) is 5.91 Å². The maximum Gasteiger partial charge on any atom is 0.272 e. The number of carbonyl (C=O) groups excluding carboxylic acids is 1. The van der Waals surface area contributed by atoms with E-state index in [0.29, 0.717) is 5.56 Å². The Kier molecular flexibility index (Phi) is 3.92. The molecule has 0 saturated heterocycles. The molecule has 1 amide bonds. The van der Waals surface area contributed by atoms with Crippen LogP contribution in [0.5, 0.6) is 0 Å². The summed E-state index contributed by atoms with van der Waals surface area (Å²) in [6.07, 6.45) is 4.85. The highest BCUT2D eigenvalue weighted by atomic mass is 16.2. The molecule has 0 spiro atoms. The standard InChI is InChI=1S/C21H15N3O/c25-21(17-8-5-11-22-13-17)24-23-14-20-18-9-3-1-6-15(18)12-16-7-2-4-10-19(16)20/h1-14H,(H,24,25)/b23-14+. The second kappa shape index (κ2) is 6.53. The van der Waals surface area contributed by atoms with Crippen molar-refractivity contribution < 1.29 is 4.79 Å². The smallest absolute Gasteiger partial charge is 0.267 e. The van der Waals surface area contributed by atoms with Crippen molar-refractivity contribution in [3.05, 3.63) is 90.3 Å². The van der Waals surface area contributed by atoms with Gasteiger partial charge in [0.25, 0.3) is 5.91 Å². The Hall–Kier alpha value is -3.53. The third-order valence-electron chi connectivity index (χ3n) is 4.10. The summed E-state index contributed by atoms with van der Waals surface area (Å²) in [6, 6.07) is 21.9. The zero-order chi connectivity index (χ0) is 17.1. The molecule has 4 aromatic rings.